The monoisotopic (exact) mass is 277 g/mol. The van der Waals surface area contributed by atoms with E-state index in [9.17, 15) is 0 Å². The number of hydrogen-bond donors (Lipinski definition) is 1. The third kappa shape index (κ3) is 2.16. The second-order valence-corrected chi connectivity index (χ2v) is 5.14. The van der Waals surface area contributed by atoms with Gasteiger partial charge in [-0.05, 0) is 30.5 Å². The highest BCUT2D eigenvalue weighted by molar-refractivity contribution is 9.10. The Morgan fingerprint density at radius 1 is 1.38 bits per heavy atom. The van der Waals surface area contributed by atoms with E-state index in [1.54, 1.807) is 0 Å². The van der Waals surface area contributed by atoms with Crippen LogP contribution in [0.25, 0.3) is 0 Å². The Bertz CT molecular complexity index is 502. The van der Waals surface area contributed by atoms with E-state index in [0.717, 1.165) is 22.5 Å². The molecule has 0 atom stereocenters. The molecular weight excluding hydrogens is 266 g/mol. The molecule has 0 bridgehead atoms. The van der Waals surface area contributed by atoms with Gasteiger partial charge < -0.3 is 0 Å². The molecule has 1 fully saturated rings. The zero-order chi connectivity index (χ0) is 11.0. The summed E-state index contributed by atoms with van der Waals surface area (Å²) in [6.07, 6.45) is 3.31. The third-order valence-electron chi connectivity index (χ3n) is 2.75. The molecule has 0 spiro atoms. The Balaban J connectivity index is 1.77. The standard InChI is InChI=1S/C12H12BrN3/c13-10-3-1-2-8(6-10)7-11-14-12(16-15-11)9-4-5-9/h1-3,6,9H,4-5,7H2,(H,14,15,16). The summed E-state index contributed by atoms with van der Waals surface area (Å²) >= 11 is 3.47. The number of aromatic nitrogens is 3. The van der Waals surface area contributed by atoms with Gasteiger partial charge in [-0.1, -0.05) is 28.1 Å². The van der Waals surface area contributed by atoms with Crippen LogP contribution in [0.1, 0.15) is 36.0 Å². The van der Waals surface area contributed by atoms with Crippen LogP contribution >= 0.6 is 15.9 Å². The quantitative estimate of drug-likeness (QED) is 0.937. The first kappa shape index (κ1) is 10.0. The summed E-state index contributed by atoms with van der Waals surface area (Å²) in [5.74, 6) is 2.57. The number of benzene rings is 1. The lowest BCUT2D eigenvalue weighted by Crippen LogP contribution is -1.91. The molecule has 0 radical (unpaired) electrons. The molecule has 1 heterocycles. The molecule has 0 unspecified atom stereocenters. The number of hydrogen-bond acceptors (Lipinski definition) is 2. The van der Waals surface area contributed by atoms with Gasteiger partial charge in [-0.2, -0.15) is 5.10 Å². The first-order valence-corrected chi connectivity index (χ1v) is 6.26. The number of nitrogens with one attached hydrogen (secondary N) is 1. The zero-order valence-corrected chi connectivity index (χ0v) is 10.4. The van der Waals surface area contributed by atoms with Crippen molar-refractivity contribution >= 4 is 15.9 Å². The third-order valence-corrected chi connectivity index (χ3v) is 3.25. The fraction of sp³-hybridized carbons (Fsp3) is 0.333. The Morgan fingerprint density at radius 3 is 3.00 bits per heavy atom. The number of H-pyrrole nitrogens is 1. The van der Waals surface area contributed by atoms with Crippen LogP contribution in [0, 0.1) is 0 Å². The van der Waals surface area contributed by atoms with Crippen molar-refractivity contribution in [2.24, 2.45) is 0 Å². The SMILES string of the molecule is Brc1cccc(Cc2nc(C3CC3)n[nH]2)c1. The van der Waals surface area contributed by atoms with E-state index in [-0.39, 0.29) is 0 Å². The molecule has 1 N–H and O–H groups in total. The summed E-state index contributed by atoms with van der Waals surface area (Å²) in [4.78, 5) is 4.52. The Labute approximate surface area is 102 Å². The van der Waals surface area contributed by atoms with Gasteiger partial charge >= 0.3 is 0 Å². The Kier molecular flexibility index (Phi) is 2.52. The second kappa shape index (κ2) is 4.01. The summed E-state index contributed by atoms with van der Waals surface area (Å²) in [5, 5.41) is 7.27. The van der Waals surface area contributed by atoms with Gasteiger partial charge in [0.25, 0.3) is 0 Å². The molecule has 3 nitrogen and oxygen atoms in total. The van der Waals surface area contributed by atoms with Gasteiger partial charge in [0, 0.05) is 16.8 Å². The molecule has 82 valence electrons. The molecule has 16 heavy (non-hydrogen) atoms. The molecule has 0 saturated heterocycles. The lowest BCUT2D eigenvalue weighted by atomic mass is 10.1. The van der Waals surface area contributed by atoms with Crippen LogP contribution in [0.3, 0.4) is 0 Å². The van der Waals surface area contributed by atoms with E-state index in [1.165, 1.54) is 18.4 Å². The molecule has 1 aromatic heterocycles. The number of halogens is 1. The highest BCUT2D eigenvalue weighted by atomic mass is 79.9. The number of rotatable bonds is 3. The van der Waals surface area contributed by atoms with E-state index < -0.39 is 0 Å². The van der Waals surface area contributed by atoms with Gasteiger partial charge in [-0.3, -0.25) is 5.10 Å². The van der Waals surface area contributed by atoms with E-state index in [2.05, 4.69) is 43.2 Å². The molecule has 0 aliphatic heterocycles. The Hall–Kier alpha value is -1.16. The van der Waals surface area contributed by atoms with Crippen molar-refractivity contribution in [3.63, 3.8) is 0 Å². The fourth-order valence-corrected chi connectivity index (χ4v) is 2.20. The van der Waals surface area contributed by atoms with Crippen molar-refractivity contribution < 1.29 is 0 Å². The van der Waals surface area contributed by atoms with E-state index in [1.807, 2.05) is 12.1 Å². The predicted octanol–water partition coefficient (Wildman–Crippen LogP) is 3.04. The molecule has 1 aromatic carbocycles. The van der Waals surface area contributed by atoms with Crippen molar-refractivity contribution in [1.29, 1.82) is 0 Å². The minimum absolute atomic E-state index is 0.618. The van der Waals surface area contributed by atoms with Crippen molar-refractivity contribution in [2.75, 3.05) is 0 Å². The van der Waals surface area contributed by atoms with Crippen LogP contribution in [0.5, 0.6) is 0 Å². The van der Waals surface area contributed by atoms with E-state index in [4.69, 9.17) is 0 Å². The van der Waals surface area contributed by atoms with Crippen molar-refractivity contribution in [3.8, 4) is 0 Å². The van der Waals surface area contributed by atoms with Gasteiger partial charge in [0.1, 0.15) is 5.82 Å². The first-order chi connectivity index (χ1) is 7.81. The summed E-state index contributed by atoms with van der Waals surface area (Å²) < 4.78 is 1.10. The molecule has 4 heteroatoms. The minimum Gasteiger partial charge on any atom is -0.263 e. The smallest absolute Gasteiger partial charge is 0.153 e. The molecule has 1 saturated carbocycles. The van der Waals surface area contributed by atoms with Crippen LogP contribution in [-0.4, -0.2) is 15.2 Å². The largest absolute Gasteiger partial charge is 0.263 e. The Morgan fingerprint density at radius 2 is 2.25 bits per heavy atom. The maximum absolute atomic E-state index is 4.52. The molecule has 1 aliphatic rings. The van der Waals surface area contributed by atoms with Gasteiger partial charge in [0.2, 0.25) is 0 Å². The van der Waals surface area contributed by atoms with Gasteiger partial charge in [-0.15, -0.1) is 0 Å². The summed E-state index contributed by atoms with van der Waals surface area (Å²) in [7, 11) is 0. The fourth-order valence-electron chi connectivity index (χ4n) is 1.75. The summed E-state index contributed by atoms with van der Waals surface area (Å²) in [6, 6.07) is 8.28. The molecule has 3 rings (SSSR count). The average molecular weight is 278 g/mol. The normalized spacial score (nSPS) is 15.3. The van der Waals surface area contributed by atoms with Gasteiger partial charge in [0.15, 0.2) is 5.82 Å². The predicted molar refractivity (Wildman–Crippen MR) is 65.3 cm³/mol. The van der Waals surface area contributed by atoms with Crippen molar-refractivity contribution in [2.45, 2.75) is 25.2 Å². The molecule has 2 aromatic rings. The number of nitrogens with zero attached hydrogens (tertiary/aromatic N) is 2. The van der Waals surface area contributed by atoms with Crippen molar-refractivity contribution in [1.82, 2.24) is 15.2 Å². The lowest BCUT2D eigenvalue weighted by Gasteiger charge is -1.97. The van der Waals surface area contributed by atoms with Crippen LogP contribution in [-0.2, 0) is 6.42 Å². The number of aromatic amines is 1. The van der Waals surface area contributed by atoms with Crippen LogP contribution in [0.4, 0.5) is 0 Å². The molecule has 1 aliphatic carbocycles. The van der Waals surface area contributed by atoms with E-state index in [0.29, 0.717) is 5.92 Å². The summed E-state index contributed by atoms with van der Waals surface area (Å²) in [6.45, 7) is 0. The topological polar surface area (TPSA) is 41.6 Å². The van der Waals surface area contributed by atoms with Crippen LogP contribution in [0.15, 0.2) is 28.7 Å². The van der Waals surface area contributed by atoms with Gasteiger partial charge in [0.05, 0.1) is 0 Å². The maximum atomic E-state index is 4.52. The zero-order valence-electron chi connectivity index (χ0n) is 8.78. The van der Waals surface area contributed by atoms with Crippen LogP contribution in [0.2, 0.25) is 0 Å². The van der Waals surface area contributed by atoms with Crippen LogP contribution < -0.4 is 0 Å². The van der Waals surface area contributed by atoms with Crippen molar-refractivity contribution in [3.05, 3.63) is 46.0 Å². The summed E-state index contributed by atoms with van der Waals surface area (Å²) in [5.41, 5.74) is 1.24. The lowest BCUT2D eigenvalue weighted by molar-refractivity contribution is 0.932. The first-order valence-electron chi connectivity index (χ1n) is 5.47. The molecular formula is C12H12BrN3. The molecule has 0 amide bonds. The average Bonchev–Trinajstić information content (AvgIpc) is 3.01. The highest BCUT2D eigenvalue weighted by Crippen LogP contribution is 2.37. The van der Waals surface area contributed by atoms with E-state index >= 15 is 0 Å². The van der Waals surface area contributed by atoms with Gasteiger partial charge in [-0.25, -0.2) is 4.98 Å². The minimum atomic E-state index is 0.618. The second-order valence-electron chi connectivity index (χ2n) is 4.22. The highest BCUT2D eigenvalue weighted by Gasteiger charge is 2.27. The maximum Gasteiger partial charge on any atom is 0.153 e.